The third-order valence-corrected chi connectivity index (χ3v) is 18.1. The topological polar surface area (TPSA) is 315 Å². The molecule has 10 rings (SSSR count). The maximum absolute atomic E-state index is 10.5. The summed E-state index contributed by atoms with van der Waals surface area (Å²) in [5, 5.41) is 14.8. The van der Waals surface area contributed by atoms with Gasteiger partial charge in [0.05, 0.1) is 74.4 Å². The van der Waals surface area contributed by atoms with Gasteiger partial charge in [-0.15, -0.1) is 0 Å². The largest absolute Gasteiger partial charge is 0.463 e. The molecule has 8 aliphatic heterocycles. The van der Waals surface area contributed by atoms with E-state index in [0.717, 1.165) is 51.8 Å². The Morgan fingerprint density at radius 1 is 0.561 bits per heavy atom. The Morgan fingerprint density at radius 2 is 1.09 bits per heavy atom. The first kappa shape index (κ1) is 77.1. The van der Waals surface area contributed by atoms with E-state index < -0.39 is 0 Å². The van der Waals surface area contributed by atoms with Gasteiger partial charge in [0.2, 0.25) is 5.91 Å². The van der Waals surface area contributed by atoms with Crippen LogP contribution in [0, 0.1) is 49.2 Å². The molecule has 9 unspecified atom stereocenters. The van der Waals surface area contributed by atoms with Crippen molar-refractivity contribution in [3.8, 4) is 0 Å². The molecule has 0 aromatic heterocycles. The fraction of sp³-hybridized carbons (Fsp3) is 0.937. The van der Waals surface area contributed by atoms with Gasteiger partial charge in [0.15, 0.2) is 0 Å². The average molecular weight is 1170 g/mol. The number of hydrogen-bond acceptors (Lipinski definition) is 17. The molecule has 0 spiro atoms. The van der Waals surface area contributed by atoms with Crippen molar-refractivity contribution >= 4 is 23.9 Å². The van der Waals surface area contributed by atoms with Crippen LogP contribution in [0.2, 0.25) is 0 Å². The summed E-state index contributed by atoms with van der Waals surface area (Å²) in [6, 6.07) is 1.70. The van der Waals surface area contributed by atoms with E-state index >= 15 is 0 Å². The first-order valence-electron chi connectivity index (χ1n) is 30.6. The van der Waals surface area contributed by atoms with Crippen molar-refractivity contribution in [3.05, 3.63) is 0 Å². The molecule has 0 bridgehead atoms. The highest BCUT2D eigenvalue weighted by molar-refractivity contribution is 5.87. The van der Waals surface area contributed by atoms with Crippen molar-refractivity contribution in [2.45, 2.75) is 271 Å². The number of hydrogen-bond donors (Lipinski definition) is 9. The van der Waals surface area contributed by atoms with E-state index in [9.17, 15) is 14.7 Å². The highest BCUT2D eigenvalue weighted by Crippen LogP contribution is 2.39. The van der Waals surface area contributed by atoms with Crippen molar-refractivity contribution in [2.24, 2.45) is 93.6 Å². The Kier molecular flexibility index (Phi) is 29.3. The summed E-state index contributed by atoms with van der Waals surface area (Å²) in [7, 11) is 0. The van der Waals surface area contributed by atoms with Crippen LogP contribution < -0.4 is 45.0 Å². The molecule has 484 valence electrons. The minimum atomic E-state index is -0.310. The lowest BCUT2D eigenvalue weighted by molar-refractivity contribution is -0.119. The van der Waals surface area contributed by atoms with Gasteiger partial charge < -0.3 is 78.6 Å². The zero-order valence-corrected chi connectivity index (χ0v) is 56.6. The molecule has 2 aliphatic carbocycles. The second-order valence-corrected chi connectivity index (χ2v) is 31.7. The van der Waals surface area contributed by atoms with E-state index in [4.69, 9.17) is 58.1 Å². The molecule has 8 heterocycles. The standard InChI is InChI=1S/C8H16O.C7H15NO.C7H15N.C7H14O2.C6H12N2.C6H13NO.C6H11NO.C6H13N.C5H10N2O.C5H9NO2/c1-6-7(2)9-5-8(6,3)4;1-5-6(8)7(2,3)4-9-5;1-7(2)5-3-4-6(7)8;1-5-6(8)7(2,3)4-9-5;1-6(2)3-4-8-5(6)7;1-6(2)4-8-3-5(6)7;1-6(2)3-5(8)7-4-6;1-6(2)4-3-5(6)7;1-5(2)3-8-4(6)7-5;1-5(2)3-8-4(7)6-5/h6-7H,5H2,1-4H3;5-6H,4,8H2,1-3H3;6H,3-5,8H2,1-2H3;5-6,8H,4H2,1-3H3;3-4H2,1-2H3,(H2,7,8);5H,3-4,7H2,1-2H3;3-4H2,1-2H3,(H,7,8);5H,3-4,7H2,1-2H3;3H2,1-2H3,(H2,6,7);3H2,1-2H3,(H,6,7). The monoisotopic (exact) mass is 1170 g/mol. The van der Waals surface area contributed by atoms with Crippen LogP contribution in [0.3, 0.4) is 0 Å². The van der Waals surface area contributed by atoms with E-state index in [1.807, 2.05) is 55.4 Å². The Hall–Kier alpha value is -2.88. The number of aliphatic hydroxyl groups excluding tert-OH is 1. The number of amidine groups is 2. The molecule has 0 aromatic rings. The number of amides is 2. The highest BCUT2D eigenvalue weighted by Gasteiger charge is 2.41. The molecule has 6 saturated heterocycles. The Labute approximate surface area is 499 Å². The van der Waals surface area contributed by atoms with Gasteiger partial charge in [-0.25, -0.2) is 9.79 Å². The highest BCUT2D eigenvalue weighted by atomic mass is 16.6. The average Bonchev–Trinajstić information content (AvgIpc) is 4.26. The first-order valence-corrected chi connectivity index (χ1v) is 30.6. The maximum Gasteiger partial charge on any atom is 0.407 e. The van der Waals surface area contributed by atoms with Gasteiger partial charge in [0.25, 0.3) is 6.02 Å². The van der Waals surface area contributed by atoms with E-state index in [0.29, 0.717) is 72.6 Å². The zero-order chi connectivity index (χ0) is 63.9. The lowest BCUT2D eigenvalue weighted by Crippen LogP contribution is -2.46. The second-order valence-electron chi connectivity index (χ2n) is 31.7. The first-order chi connectivity index (χ1) is 36.9. The van der Waals surface area contributed by atoms with Crippen LogP contribution in [-0.2, 0) is 33.2 Å². The second kappa shape index (κ2) is 31.2. The van der Waals surface area contributed by atoms with Gasteiger partial charge in [-0.2, -0.15) is 0 Å². The van der Waals surface area contributed by atoms with E-state index in [1.165, 1.54) is 32.1 Å². The summed E-state index contributed by atoms with van der Waals surface area (Å²) in [6.45, 7) is 57.4. The van der Waals surface area contributed by atoms with Gasteiger partial charge in [-0.05, 0) is 108 Å². The number of rotatable bonds is 0. The molecule has 2 amide bonds. The van der Waals surface area contributed by atoms with Gasteiger partial charge in [-0.1, -0.05) is 124 Å². The molecule has 19 heteroatoms. The van der Waals surface area contributed by atoms with E-state index in [1.54, 1.807) is 0 Å². The Balaban J connectivity index is 0.000000456. The van der Waals surface area contributed by atoms with Gasteiger partial charge >= 0.3 is 6.09 Å². The molecule has 15 N–H and O–H groups in total. The minimum Gasteiger partial charge on any atom is -0.463 e. The minimum absolute atomic E-state index is 0.0139. The number of nitrogens with one attached hydrogen (secondary N) is 2. The smallest absolute Gasteiger partial charge is 0.407 e. The molecular formula is C63H128N10O9. The number of cyclic esters (lactones) is 1. The Morgan fingerprint density at radius 3 is 1.20 bits per heavy atom. The van der Waals surface area contributed by atoms with Crippen LogP contribution >= 0.6 is 0 Å². The number of carbonyl (C=O) groups excluding carboxylic acids is 2. The molecule has 0 aromatic carbocycles. The lowest BCUT2D eigenvalue weighted by Gasteiger charge is -2.41. The number of aliphatic imine (C=N–C) groups is 2. The normalized spacial score (nSPS) is 33.5. The predicted molar refractivity (Wildman–Crippen MR) is 336 cm³/mol. The van der Waals surface area contributed by atoms with Crippen LogP contribution in [0.5, 0.6) is 0 Å². The SMILES string of the molecule is CC1(C)CCC1N.CC1(C)CCCC1N.CC1(C)CCN=C1N.CC1(C)CNC(=O)C1.CC1(C)COC(=O)N1.CC1(C)COC(N)=N1.CC1(C)COCC1N.CC1OCC(C)(C)C1C.CC1OCC(C)(C)C1N.CC1OCC(C)(C)C1O. The fourth-order valence-corrected chi connectivity index (χ4v) is 9.52. The summed E-state index contributed by atoms with van der Waals surface area (Å²) in [6.07, 6.45) is 8.31. The summed E-state index contributed by atoms with van der Waals surface area (Å²) in [4.78, 5) is 28.9. The summed E-state index contributed by atoms with van der Waals surface area (Å²) < 4.78 is 30.7. The number of ether oxygens (including phenoxy) is 6. The van der Waals surface area contributed by atoms with E-state index in [2.05, 4.69) is 136 Å². The molecule has 19 nitrogen and oxygen atoms in total. The molecule has 10 aliphatic rings. The Bertz CT molecular complexity index is 1880. The van der Waals surface area contributed by atoms with Crippen molar-refractivity contribution < 1.29 is 43.1 Å². The van der Waals surface area contributed by atoms with Crippen LogP contribution in [0.25, 0.3) is 0 Å². The van der Waals surface area contributed by atoms with Crippen molar-refractivity contribution in [2.75, 3.05) is 59.3 Å². The number of carbonyl (C=O) groups is 2. The molecule has 9 atom stereocenters. The van der Waals surface area contributed by atoms with Crippen molar-refractivity contribution in [1.82, 2.24) is 10.6 Å². The number of alkyl carbamates (subject to hydrolysis) is 1. The van der Waals surface area contributed by atoms with Crippen LogP contribution in [0.15, 0.2) is 9.98 Å². The quantitative estimate of drug-likeness (QED) is 0.110. The summed E-state index contributed by atoms with van der Waals surface area (Å²) >= 11 is 0. The predicted octanol–water partition coefficient (Wildman–Crippen LogP) is 8.57. The van der Waals surface area contributed by atoms with Gasteiger partial charge in [0.1, 0.15) is 13.2 Å². The van der Waals surface area contributed by atoms with Crippen molar-refractivity contribution in [3.63, 3.8) is 0 Å². The zero-order valence-electron chi connectivity index (χ0n) is 56.6. The fourth-order valence-electron chi connectivity index (χ4n) is 9.52. The van der Waals surface area contributed by atoms with Gasteiger partial charge in [-0.3, -0.25) is 9.79 Å². The number of nitrogens with two attached hydrogens (primary N) is 6. The third kappa shape index (κ3) is 26.8. The van der Waals surface area contributed by atoms with Crippen LogP contribution in [0.1, 0.15) is 211 Å². The van der Waals surface area contributed by atoms with Crippen LogP contribution in [0.4, 0.5) is 4.79 Å². The maximum atomic E-state index is 10.5. The summed E-state index contributed by atoms with van der Waals surface area (Å²) in [5.74, 6) is 1.71. The van der Waals surface area contributed by atoms with Crippen molar-refractivity contribution in [1.29, 1.82) is 0 Å². The molecule has 0 radical (unpaired) electrons. The summed E-state index contributed by atoms with van der Waals surface area (Å²) in [5.41, 5.74) is 35.6. The van der Waals surface area contributed by atoms with Crippen LogP contribution in [-0.4, -0.2) is 148 Å². The molecule has 2 saturated carbocycles. The third-order valence-electron chi connectivity index (χ3n) is 18.1. The molecule has 82 heavy (non-hydrogen) atoms. The number of nitrogens with zero attached hydrogens (tertiary/aromatic N) is 2. The number of aliphatic hydroxyl groups is 1. The molecular weight excluding hydrogens is 1040 g/mol. The van der Waals surface area contributed by atoms with E-state index in [-0.39, 0.29) is 80.5 Å². The lowest BCUT2D eigenvalue weighted by atomic mass is 9.68. The van der Waals surface area contributed by atoms with Gasteiger partial charge in [0, 0.05) is 65.3 Å². The molecule has 8 fully saturated rings.